The molecular formula is C13H15N3OS. The summed E-state index contributed by atoms with van der Waals surface area (Å²) in [5.74, 6) is 0.899. The number of aromatic amines is 1. The number of rotatable bonds is 5. The van der Waals surface area contributed by atoms with Crippen molar-refractivity contribution in [3.63, 3.8) is 0 Å². The number of benzene rings is 1. The number of thioether (sulfide) groups is 1. The van der Waals surface area contributed by atoms with Gasteiger partial charge in [-0.3, -0.25) is 4.79 Å². The summed E-state index contributed by atoms with van der Waals surface area (Å²) in [5, 5.41) is 2.84. The first kappa shape index (κ1) is 12.7. The number of aromatic nitrogens is 2. The average molecular weight is 261 g/mol. The monoisotopic (exact) mass is 261 g/mol. The van der Waals surface area contributed by atoms with E-state index in [-0.39, 0.29) is 5.91 Å². The minimum atomic E-state index is -0.0692. The number of hydrogen-bond donors (Lipinski definition) is 2. The van der Waals surface area contributed by atoms with Gasteiger partial charge in [0.05, 0.1) is 18.6 Å². The van der Waals surface area contributed by atoms with Gasteiger partial charge in [0.2, 0.25) is 0 Å². The number of amides is 1. The van der Waals surface area contributed by atoms with Gasteiger partial charge in [-0.15, -0.1) is 0 Å². The van der Waals surface area contributed by atoms with Crippen LogP contribution in [0.15, 0.2) is 36.8 Å². The van der Waals surface area contributed by atoms with Crippen LogP contribution in [0.2, 0.25) is 0 Å². The summed E-state index contributed by atoms with van der Waals surface area (Å²) in [4.78, 5) is 18.7. The highest BCUT2D eigenvalue weighted by atomic mass is 32.2. The van der Waals surface area contributed by atoms with Crippen LogP contribution in [0.4, 0.5) is 0 Å². The Kier molecular flexibility index (Phi) is 4.41. The number of carbonyl (C=O) groups is 1. The van der Waals surface area contributed by atoms with E-state index in [9.17, 15) is 4.79 Å². The summed E-state index contributed by atoms with van der Waals surface area (Å²) < 4.78 is 0. The van der Waals surface area contributed by atoms with Crippen molar-refractivity contribution in [3.8, 4) is 0 Å². The van der Waals surface area contributed by atoms with E-state index < -0.39 is 0 Å². The second kappa shape index (κ2) is 6.26. The molecule has 0 saturated heterocycles. The predicted molar refractivity (Wildman–Crippen MR) is 73.4 cm³/mol. The van der Waals surface area contributed by atoms with Crippen molar-refractivity contribution >= 4 is 17.7 Å². The molecule has 2 N–H and O–H groups in total. The van der Waals surface area contributed by atoms with Crippen molar-refractivity contribution in [1.29, 1.82) is 0 Å². The Bertz CT molecular complexity index is 493. The van der Waals surface area contributed by atoms with Crippen molar-refractivity contribution in [2.45, 2.75) is 12.3 Å². The molecule has 0 bridgehead atoms. The molecule has 18 heavy (non-hydrogen) atoms. The van der Waals surface area contributed by atoms with E-state index in [2.05, 4.69) is 21.5 Å². The fraction of sp³-hybridized carbons (Fsp3) is 0.231. The van der Waals surface area contributed by atoms with Gasteiger partial charge in [0.25, 0.3) is 5.91 Å². The number of nitrogens with one attached hydrogen (secondary N) is 2. The van der Waals surface area contributed by atoms with Crippen LogP contribution in [0, 0.1) is 0 Å². The highest BCUT2D eigenvalue weighted by molar-refractivity contribution is 7.97. The zero-order valence-corrected chi connectivity index (χ0v) is 11.0. The molecule has 0 unspecified atom stereocenters. The lowest BCUT2D eigenvalue weighted by Crippen LogP contribution is -2.22. The molecular weight excluding hydrogens is 246 g/mol. The van der Waals surface area contributed by atoms with E-state index in [4.69, 9.17) is 0 Å². The number of hydrogen-bond acceptors (Lipinski definition) is 3. The van der Waals surface area contributed by atoms with Gasteiger partial charge in [0.1, 0.15) is 0 Å². The molecule has 2 rings (SSSR count). The summed E-state index contributed by atoms with van der Waals surface area (Å²) in [7, 11) is 0. The number of nitrogens with zero attached hydrogens (tertiary/aromatic N) is 1. The van der Waals surface area contributed by atoms with Gasteiger partial charge in [-0.25, -0.2) is 4.98 Å². The van der Waals surface area contributed by atoms with E-state index in [0.29, 0.717) is 12.1 Å². The molecule has 0 aliphatic heterocycles. The maximum atomic E-state index is 11.9. The summed E-state index contributed by atoms with van der Waals surface area (Å²) in [6.07, 6.45) is 5.35. The molecule has 5 heteroatoms. The average Bonchev–Trinajstić information content (AvgIpc) is 2.90. The second-order valence-corrected chi connectivity index (χ2v) is 4.76. The molecule has 2 aromatic rings. The zero-order valence-electron chi connectivity index (χ0n) is 10.1. The first-order chi connectivity index (χ1) is 8.79. The SMILES string of the molecule is CSCc1ccc(C(=O)NCc2cnc[nH]2)cc1. The third-order valence-corrected chi connectivity index (χ3v) is 3.14. The van der Waals surface area contributed by atoms with Crippen LogP contribution in [0.5, 0.6) is 0 Å². The first-order valence-corrected chi connectivity index (χ1v) is 7.02. The third kappa shape index (κ3) is 3.37. The lowest BCUT2D eigenvalue weighted by Gasteiger charge is -2.04. The van der Waals surface area contributed by atoms with Gasteiger partial charge in [0.15, 0.2) is 0 Å². The Balaban J connectivity index is 1.92. The quantitative estimate of drug-likeness (QED) is 0.867. The molecule has 4 nitrogen and oxygen atoms in total. The fourth-order valence-electron chi connectivity index (χ4n) is 1.58. The second-order valence-electron chi connectivity index (χ2n) is 3.89. The fourth-order valence-corrected chi connectivity index (χ4v) is 2.10. The number of H-pyrrole nitrogens is 1. The van der Waals surface area contributed by atoms with Crippen LogP contribution in [-0.2, 0) is 12.3 Å². The molecule has 94 valence electrons. The van der Waals surface area contributed by atoms with Gasteiger partial charge >= 0.3 is 0 Å². The summed E-state index contributed by atoms with van der Waals surface area (Å²) >= 11 is 1.77. The van der Waals surface area contributed by atoms with Crippen LogP contribution in [-0.4, -0.2) is 22.1 Å². The molecule has 1 heterocycles. The van der Waals surface area contributed by atoms with Gasteiger partial charge in [-0.05, 0) is 24.0 Å². The normalized spacial score (nSPS) is 10.3. The number of imidazole rings is 1. The first-order valence-electron chi connectivity index (χ1n) is 5.63. The maximum absolute atomic E-state index is 11.9. The molecule has 1 aromatic heterocycles. The predicted octanol–water partition coefficient (Wildman–Crippen LogP) is 2.20. The Morgan fingerprint density at radius 3 is 2.78 bits per heavy atom. The van der Waals surface area contributed by atoms with Crippen LogP contribution in [0.25, 0.3) is 0 Å². The Labute approximate surface area is 110 Å². The molecule has 0 aliphatic carbocycles. The molecule has 0 fully saturated rings. The van der Waals surface area contributed by atoms with E-state index in [1.54, 1.807) is 24.3 Å². The lowest BCUT2D eigenvalue weighted by atomic mass is 10.1. The van der Waals surface area contributed by atoms with Gasteiger partial charge in [-0.2, -0.15) is 11.8 Å². The van der Waals surface area contributed by atoms with E-state index in [1.807, 2.05) is 24.3 Å². The topological polar surface area (TPSA) is 57.8 Å². The highest BCUT2D eigenvalue weighted by Crippen LogP contribution is 2.10. The molecule has 0 aliphatic rings. The summed E-state index contributed by atoms with van der Waals surface area (Å²) in [6, 6.07) is 7.69. The van der Waals surface area contributed by atoms with Crippen molar-refractivity contribution in [3.05, 3.63) is 53.6 Å². The highest BCUT2D eigenvalue weighted by Gasteiger charge is 2.05. The Morgan fingerprint density at radius 1 is 1.39 bits per heavy atom. The van der Waals surface area contributed by atoms with Crippen LogP contribution < -0.4 is 5.32 Å². The van der Waals surface area contributed by atoms with E-state index in [0.717, 1.165) is 11.4 Å². The zero-order chi connectivity index (χ0) is 12.8. The number of carbonyl (C=O) groups excluding carboxylic acids is 1. The standard InChI is InChI=1S/C13H15N3OS/c1-18-8-10-2-4-11(5-3-10)13(17)15-7-12-6-14-9-16-12/h2-6,9H,7-8H2,1H3,(H,14,16)(H,15,17). The minimum absolute atomic E-state index is 0.0692. The van der Waals surface area contributed by atoms with Crippen molar-refractivity contribution in [1.82, 2.24) is 15.3 Å². The molecule has 0 atom stereocenters. The van der Waals surface area contributed by atoms with Gasteiger partial charge in [0, 0.05) is 17.5 Å². The smallest absolute Gasteiger partial charge is 0.251 e. The maximum Gasteiger partial charge on any atom is 0.251 e. The summed E-state index contributed by atoms with van der Waals surface area (Å²) in [6.45, 7) is 0.464. The Hall–Kier alpha value is -1.75. The van der Waals surface area contributed by atoms with Gasteiger partial charge in [-0.1, -0.05) is 12.1 Å². The van der Waals surface area contributed by atoms with Crippen molar-refractivity contribution < 1.29 is 4.79 Å². The molecule has 1 amide bonds. The van der Waals surface area contributed by atoms with Crippen LogP contribution in [0.3, 0.4) is 0 Å². The largest absolute Gasteiger partial charge is 0.347 e. The van der Waals surface area contributed by atoms with Crippen molar-refractivity contribution in [2.75, 3.05) is 6.26 Å². The molecule has 1 aromatic carbocycles. The van der Waals surface area contributed by atoms with Gasteiger partial charge < -0.3 is 10.3 Å². The summed E-state index contributed by atoms with van der Waals surface area (Å²) in [5.41, 5.74) is 2.80. The van der Waals surface area contributed by atoms with E-state index in [1.165, 1.54) is 5.56 Å². The molecule has 0 saturated carbocycles. The molecule has 0 radical (unpaired) electrons. The van der Waals surface area contributed by atoms with E-state index >= 15 is 0 Å². The van der Waals surface area contributed by atoms with Crippen LogP contribution >= 0.6 is 11.8 Å². The van der Waals surface area contributed by atoms with Crippen LogP contribution in [0.1, 0.15) is 21.6 Å². The Morgan fingerprint density at radius 2 is 2.17 bits per heavy atom. The lowest BCUT2D eigenvalue weighted by molar-refractivity contribution is 0.0950. The third-order valence-electron chi connectivity index (χ3n) is 2.52. The minimum Gasteiger partial charge on any atom is -0.347 e. The molecule has 0 spiro atoms. The van der Waals surface area contributed by atoms with Crippen molar-refractivity contribution in [2.24, 2.45) is 0 Å².